The van der Waals surface area contributed by atoms with Crippen molar-refractivity contribution in [2.24, 2.45) is 0 Å². The van der Waals surface area contributed by atoms with Gasteiger partial charge in [-0.15, -0.1) is 0 Å². The zero-order chi connectivity index (χ0) is 15.2. The minimum absolute atomic E-state index is 0.191. The van der Waals surface area contributed by atoms with E-state index in [1.807, 2.05) is 6.07 Å². The molecular formula is C15H14N2O4. The zero-order valence-corrected chi connectivity index (χ0v) is 11.2. The van der Waals surface area contributed by atoms with Crippen LogP contribution in [-0.2, 0) is 9.53 Å². The SMILES string of the molecule is N#CC1CN(C(=O)c2cccc(C=CC(=O)O)c2)CCO1. The van der Waals surface area contributed by atoms with Gasteiger partial charge in [-0.3, -0.25) is 4.79 Å². The van der Waals surface area contributed by atoms with Gasteiger partial charge in [0.1, 0.15) is 0 Å². The van der Waals surface area contributed by atoms with E-state index in [4.69, 9.17) is 15.1 Å². The molecule has 1 aromatic rings. The molecule has 0 spiro atoms. The summed E-state index contributed by atoms with van der Waals surface area (Å²) in [6.45, 7) is 1.01. The Hall–Kier alpha value is -2.65. The van der Waals surface area contributed by atoms with Gasteiger partial charge in [0.05, 0.1) is 19.2 Å². The number of carbonyl (C=O) groups excluding carboxylic acids is 1. The van der Waals surface area contributed by atoms with Crippen molar-refractivity contribution in [3.05, 3.63) is 41.5 Å². The lowest BCUT2D eigenvalue weighted by Gasteiger charge is -2.29. The molecule has 1 heterocycles. The molecule has 6 nitrogen and oxygen atoms in total. The maximum Gasteiger partial charge on any atom is 0.328 e. The molecular weight excluding hydrogens is 272 g/mol. The summed E-state index contributed by atoms with van der Waals surface area (Å²) in [6, 6.07) is 8.69. The second-order valence-electron chi connectivity index (χ2n) is 4.54. The van der Waals surface area contributed by atoms with E-state index in [1.54, 1.807) is 29.2 Å². The molecule has 1 fully saturated rings. The van der Waals surface area contributed by atoms with Crippen molar-refractivity contribution in [1.29, 1.82) is 5.26 Å². The monoisotopic (exact) mass is 286 g/mol. The minimum Gasteiger partial charge on any atom is -0.478 e. The molecule has 1 aliphatic heterocycles. The third kappa shape index (κ3) is 3.91. The molecule has 1 unspecified atom stereocenters. The number of rotatable bonds is 3. The van der Waals surface area contributed by atoms with E-state index in [0.29, 0.717) is 24.3 Å². The van der Waals surface area contributed by atoms with Gasteiger partial charge in [-0.25, -0.2) is 4.79 Å². The van der Waals surface area contributed by atoms with Crippen molar-refractivity contribution in [3.8, 4) is 6.07 Å². The summed E-state index contributed by atoms with van der Waals surface area (Å²) in [5.74, 6) is -1.24. The molecule has 6 heteroatoms. The van der Waals surface area contributed by atoms with E-state index in [-0.39, 0.29) is 12.5 Å². The molecule has 0 bridgehead atoms. The van der Waals surface area contributed by atoms with Crippen molar-refractivity contribution in [2.45, 2.75) is 6.10 Å². The van der Waals surface area contributed by atoms with E-state index >= 15 is 0 Å². The van der Waals surface area contributed by atoms with Crippen LogP contribution in [0.4, 0.5) is 0 Å². The number of hydrogen-bond acceptors (Lipinski definition) is 4. The first-order valence-corrected chi connectivity index (χ1v) is 6.41. The Morgan fingerprint density at radius 1 is 1.48 bits per heavy atom. The number of benzene rings is 1. The predicted molar refractivity (Wildman–Crippen MR) is 74.4 cm³/mol. The van der Waals surface area contributed by atoms with Gasteiger partial charge in [0.15, 0.2) is 6.10 Å². The number of nitriles is 1. The van der Waals surface area contributed by atoms with Gasteiger partial charge in [-0.2, -0.15) is 5.26 Å². The van der Waals surface area contributed by atoms with Crippen molar-refractivity contribution in [2.75, 3.05) is 19.7 Å². The fourth-order valence-corrected chi connectivity index (χ4v) is 2.04. The van der Waals surface area contributed by atoms with Crippen molar-refractivity contribution >= 4 is 18.0 Å². The highest BCUT2D eigenvalue weighted by Crippen LogP contribution is 2.13. The predicted octanol–water partition coefficient (Wildman–Crippen LogP) is 1.15. The number of morpholine rings is 1. The van der Waals surface area contributed by atoms with E-state index in [2.05, 4.69) is 0 Å². The van der Waals surface area contributed by atoms with Crippen LogP contribution < -0.4 is 0 Å². The number of nitrogens with zero attached hydrogens (tertiary/aromatic N) is 2. The summed E-state index contributed by atoms with van der Waals surface area (Å²) in [5.41, 5.74) is 1.09. The number of ether oxygens (including phenoxy) is 1. The lowest BCUT2D eigenvalue weighted by molar-refractivity contribution is -0.131. The zero-order valence-electron chi connectivity index (χ0n) is 11.2. The van der Waals surface area contributed by atoms with Crippen molar-refractivity contribution < 1.29 is 19.4 Å². The number of amides is 1. The van der Waals surface area contributed by atoms with Gasteiger partial charge in [-0.05, 0) is 23.8 Å². The molecule has 1 amide bonds. The Bertz CT molecular complexity index is 618. The quantitative estimate of drug-likeness (QED) is 0.842. The summed E-state index contributed by atoms with van der Waals surface area (Å²) in [4.78, 5) is 24.4. The topological polar surface area (TPSA) is 90.6 Å². The van der Waals surface area contributed by atoms with E-state index in [9.17, 15) is 9.59 Å². The molecule has 2 rings (SSSR count). The summed E-state index contributed by atoms with van der Waals surface area (Å²) < 4.78 is 5.20. The third-order valence-corrected chi connectivity index (χ3v) is 3.05. The average Bonchev–Trinajstić information content (AvgIpc) is 2.52. The first kappa shape index (κ1) is 14.8. The Morgan fingerprint density at radius 2 is 2.29 bits per heavy atom. The highest BCUT2D eigenvalue weighted by molar-refractivity contribution is 5.95. The van der Waals surface area contributed by atoms with Crippen molar-refractivity contribution in [3.63, 3.8) is 0 Å². The number of hydrogen-bond donors (Lipinski definition) is 1. The van der Waals surface area contributed by atoms with E-state index in [1.165, 1.54) is 6.08 Å². The second kappa shape index (κ2) is 6.68. The van der Waals surface area contributed by atoms with Crippen LogP contribution >= 0.6 is 0 Å². The summed E-state index contributed by atoms with van der Waals surface area (Å²) in [7, 11) is 0. The summed E-state index contributed by atoms with van der Waals surface area (Å²) >= 11 is 0. The smallest absolute Gasteiger partial charge is 0.328 e. The van der Waals surface area contributed by atoms with Crippen LogP contribution in [0.5, 0.6) is 0 Å². The van der Waals surface area contributed by atoms with Gasteiger partial charge >= 0.3 is 5.97 Å². The number of carbonyl (C=O) groups is 2. The third-order valence-electron chi connectivity index (χ3n) is 3.05. The Kier molecular flexibility index (Phi) is 4.69. The number of aliphatic carboxylic acids is 1. The molecule has 108 valence electrons. The van der Waals surface area contributed by atoms with Gasteiger partial charge in [0, 0.05) is 18.2 Å². The lowest BCUT2D eigenvalue weighted by atomic mass is 10.1. The Labute approximate surface area is 121 Å². The molecule has 0 saturated carbocycles. The van der Waals surface area contributed by atoms with Crippen LogP contribution in [-0.4, -0.2) is 47.7 Å². The Balaban J connectivity index is 2.14. The molecule has 0 aromatic heterocycles. The van der Waals surface area contributed by atoms with Crippen LogP contribution in [0.3, 0.4) is 0 Å². The number of carboxylic acid groups (broad SMARTS) is 1. The molecule has 1 aliphatic rings. The largest absolute Gasteiger partial charge is 0.478 e. The van der Waals surface area contributed by atoms with E-state index < -0.39 is 12.1 Å². The van der Waals surface area contributed by atoms with Crippen LogP contribution in [0.15, 0.2) is 30.3 Å². The molecule has 21 heavy (non-hydrogen) atoms. The molecule has 0 aliphatic carbocycles. The molecule has 1 saturated heterocycles. The second-order valence-corrected chi connectivity index (χ2v) is 4.54. The van der Waals surface area contributed by atoms with Gasteiger partial charge in [0.2, 0.25) is 0 Å². The average molecular weight is 286 g/mol. The normalized spacial score (nSPS) is 18.4. The molecule has 0 radical (unpaired) electrons. The lowest BCUT2D eigenvalue weighted by Crippen LogP contribution is -2.45. The first-order chi connectivity index (χ1) is 10.1. The maximum atomic E-state index is 12.4. The van der Waals surface area contributed by atoms with Gasteiger partial charge in [-0.1, -0.05) is 12.1 Å². The first-order valence-electron chi connectivity index (χ1n) is 6.41. The molecule has 1 aromatic carbocycles. The van der Waals surface area contributed by atoms with E-state index in [0.717, 1.165) is 6.08 Å². The summed E-state index contributed by atoms with van der Waals surface area (Å²) in [5, 5.41) is 17.5. The van der Waals surface area contributed by atoms with Gasteiger partial charge in [0.25, 0.3) is 5.91 Å². The van der Waals surface area contributed by atoms with Crippen molar-refractivity contribution in [1.82, 2.24) is 4.90 Å². The van der Waals surface area contributed by atoms with Crippen LogP contribution in [0.1, 0.15) is 15.9 Å². The minimum atomic E-state index is -1.04. The molecule has 1 N–H and O–H groups in total. The highest BCUT2D eigenvalue weighted by atomic mass is 16.5. The fraction of sp³-hybridized carbons (Fsp3) is 0.267. The maximum absolute atomic E-state index is 12.4. The number of carboxylic acids is 1. The summed E-state index contributed by atoms with van der Waals surface area (Å²) in [6.07, 6.45) is 1.85. The van der Waals surface area contributed by atoms with Gasteiger partial charge < -0.3 is 14.7 Å². The molecule has 1 atom stereocenters. The Morgan fingerprint density at radius 3 is 3.00 bits per heavy atom. The van der Waals surface area contributed by atoms with Crippen LogP contribution in [0.25, 0.3) is 6.08 Å². The van der Waals surface area contributed by atoms with Crippen LogP contribution in [0.2, 0.25) is 0 Å². The highest BCUT2D eigenvalue weighted by Gasteiger charge is 2.24. The fourth-order valence-electron chi connectivity index (χ4n) is 2.04. The van der Waals surface area contributed by atoms with Crippen LogP contribution in [0, 0.1) is 11.3 Å². The standard InChI is InChI=1S/C15H14N2O4/c16-9-13-10-17(6-7-21-13)15(20)12-3-1-2-11(8-12)4-5-14(18)19/h1-5,8,13H,6-7,10H2,(H,18,19).